The van der Waals surface area contributed by atoms with E-state index >= 15 is 0 Å². The molecule has 106 valence electrons. The minimum Gasteiger partial charge on any atom is -0.483 e. The zero-order chi connectivity index (χ0) is 14.4. The molecule has 1 rings (SSSR count). The largest absolute Gasteiger partial charge is 0.483 e. The minimum absolute atomic E-state index is 0.00111. The lowest BCUT2D eigenvalue weighted by Gasteiger charge is -2.20. The fourth-order valence-electron chi connectivity index (χ4n) is 1.96. The topological polar surface area (TPSA) is 55.6 Å². The van der Waals surface area contributed by atoms with Crippen LogP contribution in [0.15, 0.2) is 18.2 Å². The van der Waals surface area contributed by atoms with Crippen molar-refractivity contribution in [2.75, 3.05) is 19.7 Å². The number of carbonyl (C=O) groups excluding carboxylic acids is 1. The van der Waals surface area contributed by atoms with Crippen LogP contribution in [0.4, 0.5) is 0 Å². The molecule has 0 spiro atoms. The molecule has 0 bridgehead atoms. The van der Waals surface area contributed by atoms with Gasteiger partial charge in [-0.1, -0.05) is 17.7 Å². The lowest BCUT2D eigenvalue weighted by atomic mass is 10.1. The Morgan fingerprint density at radius 1 is 1.37 bits per heavy atom. The Morgan fingerprint density at radius 2 is 2.00 bits per heavy atom. The predicted octanol–water partition coefficient (Wildman–Crippen LogP) is 2.26. The fourth-order valence-corrected chi connectivity index (χ4v) is 1.96. The zero-order valence-electron chi connectivity index (χ0n) is 12.3. The summed E-state index contributed by atoms with van der Waals surface area (Å²) in [4.78, 5) is 13.6. The van der Waals surface area contributed by atoms with Crippen molar-refractivity contribution in [3.05, 3.63) is 29.3 Å². The maximum atomic E-state index is 11.9. The van der Waals surface area contributed by atoms with Crippen molar-refractivity contribution >= 4 is 5.91 Å². The fraction of sp³-hybridized carbons (Fsp3) is 0.533. The molecule has 0 aromatic heterocycles. The van der Waals surface area contributed by atoms with E-state index in [1.807, 2.05) is 45.9 Å². The van der Waals surface area contributed by atoms with Crippen molar-refractivity contribution < 1.29 is 9.53 Å². The lowest BCUT2D eigenvalue weighted by Crippen LogP contribution is -2.34. The average Bonchev–Trinajstić information content (AvgIpc) is 2.38. The maximum Gasteiger partial charge on any atom is 0.260 e. The SMILES string of the molecule is CCN(CC)C(=O)COc1ccc(C)cc1[C@@H](C)N. The smallest absolute Gasteiger partial charge is 0.260 e. The first kappa shape index (κ1) is 15.5. The molecule has 0 heterocycles. The van der Waals surface area contributed by atoms with Crippen LogP contribution in [0.3, 0.4) is 0 Å². The highest BCUT2D eigenvalue weighted by Crippen LogP contribution is 2.25. The van der Waals surface area contributed by atoms with Gasteiger partial charge in [0.05, 0.1) is 0 Å². The number of carbonyl (C=O) groups is 1. The number of hydrogen-bond acceptors (Lipinski definition) is 3. The van der Waals surface area contributed by atoms with Gasteiger partial charge in [0.15, 0.2) is 6.61 Å². The number of likely N-dealkylation sites (N-methyl/N-ethyl adjacent to an activating group) is 1. The maximum absolute atomic E-state index is 11.9. The Hall–Kier alpha value is -1.55. The van der Waals surface area contributed by atoms with Crippen LogP contribution in [0.1, 0.15) is 37.9 Å². The van der Waals surface area contributed by atoms with Crippen LogP contribution in [0.2, 0.25) is 0 Å². The van der Waals surface area contributed by atoms with Crippen LogP contribution in [-0.4, -0.2) is 30.5 Å². The molecule has 0 unspecified atom stereocenters. The highest BCUT2D eigenvalue weighted by molar-refractivity contribution is 5.77. The summed E-state index contributed by atoms with van der Waals surface area (Å²) >= 11 is 0. The van der Waals surface area contributed by atoms with Gasteiger partial charge >= 0.3 is 0 Å². The van der Waals surface area contributed by atoms with Crippen LogP contribution in [0.5, 0.6) is 5.75 Å². The Labute approximate surface area is 115 Å². The minimum atomic E-state index is -0.113. The third kappa shape index (κ3) is 4.24. The molecule has 4 heteroatoms. The number of nitrogens with two attached hydrogens (primary N) is 1. The molecule has 0 radical (unpaired) electrons. The Balaban J connectivity index is 2.75. The third-order valence-electron chi connectivity index (χ3n) is 3.12. The quantitative estimate of drug-likeness (QED) is 0.857. The summed E-state index contributed by atoms with van der Waals surface area (Å²) in [5.74, 6) is 0.697. The highest BCUT2D eigenvalue weighted by Gasteiger charge is 2.13. The molecule has 1 aromatic carbocycles. The Bertz CT molecular complexity index is 426. The molecule has 1 amide bonds. The van der Waals surface area contributed by atoms with Gasteiger partial charge in [0.2, 0.25) is 0 Å². The second-order valence-corrected chi connectivity index (χ2v) is 4.68. The molecule has 19 heavy (non-hydrogen) atoms. The van der Waals surface area contributed by atoms with Gasteiger partial charge in [-0.25, -0.2) is 0 Å². The molecule has 0 saturated heterocycles. The van der Waals surface area contributed by atoms with Crippen molar-refractivity contribution in [3.63, 3.8) is 0 Å². The molecule has 0 fully saturated rings. The number of nitrogens with zero attached hydrogens (tertiary/aromatic N) is 1. The van der Waals surface area contributed by atoms with Crippen molar-refractivity contribution in [1.29, 1.82) is 0 Å². The lowest BCUT2D eigenvalue weighted by molar-refractivity contribution is -0.132. The monoisotopic (exact) mass is 264 g/mol. The second kappa shape index (κ2) is 7.14. The van der Waals surface area contributed by atoms with Crippen molar-refractivity contribution in [2.45, 2.75) is 33.7 Å². The van der Waals surface area contributed by atoms with E-state index in [2.05, 4.69) is 0 Å². The molecule has 0 aliphatic carbocycles. The standard InChI is InChI=1S/C15H24N2O2/c1-5-17(6-2)15(18)10-19-14-8-7-11(3)9-13(14)12(4)16/h7-9,12H,5-6,10,16H2,1-4H3/t12-/m1/s1. The van der Waals surface area contributed by atoms with Crippen LogP contribution < -0.4 is 10.5 Å². The first-order chi connectivity index (χ1) is 8.99. The van der Waals surface area contributed by atoms with E-state index in [9.17, 15) is 4.79 Å². The highest BCUT2D eigenvalue weighted by atomic mass is 16.5. The molecule has 1 aromatic rings. The summed E-state index contributed by atoms with van der Waals surface area (Å²) in [5, 5.41) is 0. The van der Waals surface area contributed by atoms with Crippen LogP contribution in [0, 0.1) is 6.92 Å². The van der Waals surface area contributed by atoms with Gasteiger partial charge < -0.3 is 15.4 Å². The Kier molecular flexibility index (Phi) is 5.83. The van der Waals surface area contributed by atoms with E-state index in [1.165, 1.54) is 0 Å². The van der Waals surface area contributed by atoms with Gasteiger partial charge in [0, 0.05) is 24.7 Å². The first-order valence-corrected chi connectivity index (χ1v) is 6.76. The average molecular weight is 264 g/mol. The van der Waals surface area contributed by atoms with E-state index in [4.69, 9.17) is 10.5 Å². The molecular weight excluding hydrogens is 240 g/mol. The number of ether oxygens (including phenoxy) is 1. The Morgan fingerprint density at radius 3 is 2.53 bits per heavy atom. The summed E-state index contributed by atoms with van der Waals surface area (Å²) in [5.41, 5.74) is 8.00. The van der Waals surface area contributed by atoms with Gasteiger partial charge in [-0.05, 0) is 33.8 Å². The van der Waals surface area contributed by atoms with Gasteiger partial charge in [0.1, 0.15) is 5.75 Å². The van der Waals surface area contributed by atoms with Gasteiger partial charge in [0.25, 0.3) is 5.91 Å². The van der Waals surface area contributed by atoms with E-state index in [0.29, 0.717) is 18.8 Å². The predicted molar refractivity (Wildman–Crippen MR) is 77.2 cm³/mol. The summed E-state index contributed by atoms with van der Waals surface area (Å²) in [7, 11) is 0. The normalized spacial score (nSPS) is 12.1. The number of aryl methyl sites for hydroxylation is 1. The van der Waals surface area contributed by atoms with Crippen molar-refractivity contribution in [1.82, 2.24) is 4.90 Å². The van der Waals surface area contributed by atoms with Gasteiger partial charge in [-0.3, -0.25) is 4.79 Å². The summed E-state index contributed by atoms with van der Waals surface area (Å²) in [6, 6.07) is 5.73. The van der Waals surface area contributed by atoms with E-state index in [-0.39, 0.29) is 18.6 Å². The number of benzene rings is 1. The number of rotatable bonds is 6. The summed E-state index contributed by atoms with van der Waals surface area (Å²) in [6.45, 7) is 9.30. The van der Waals surface area contributed by atoms with Crippen molar-refractivity contribution in [3.8, 4) is 5.75 Å². The third-order valence-corrected chi connectivity index (χ3v) is 3.12. The van der Waals surface area contributed by atoms with E-state index < -0.39 is 0 Å². The number of hydrogen-bond donors (Lipinski definition) is 1. The van der Waals surface area contributed by atoms with Crippen LogP contribution in [0.25, 0.3) is 0 Å². The zero-order valence-corrected chi connectivity index (χ0v) is 12.3. The molecule has 0 saturated carbocycles. The molecule has 0 aliphatic rings. The van der Waals surface area contributed by atoms with E-state index in [1.54, 1.807) is 4.90 Å². The van der Waals surface area contributed by atoms with Gasteiger partial charge in [-0.15, -0.1) is 0 Å². The second-order valence-electron chi connectivity index (χ2n) is 4.68. The molecule has 4 nitrogen and oxygen atoms in total. The van der Waals surface area contributed by atoms with E-state index in [0.717, 1.165) is 11.1 Å². The van der Waals surface area contributed by atoms with Crippen molar-refractivity contribution in [2.24, 2.45) is 5.73 Å². The summed E-state index contributed by atoms with van der Waals surface area (Å²) < 4.78 is 5.63. The summed E-state index contributed by atoms with van der Waals surface area (Å²) in [6.07, 6.45) is 0. The first-order valence-electron chi connectivity index (χ1n) is 6.76. The van der Waals surface area contributed by atoms with Crippen LogP contribution >= 0.6 is 0 Å². The molecular formula is C15H24N2O2. The van der Waals surface area contributed by atoms with Gasteiger partial charge in [-0.2, -0.15) is 0 Å². The molecule has 1 atom stereocenters. The molecule has 2 N–H and O–H groups in total. The van der Waals surface area contributed by atoms with Crippen LogP contribution in [-0.2, 0) is 4.79 Å². The number of amides is 1. The molecule has 0 aliphatic heterocycles.